The van der Waals surface area contributed by atoms with Gasteiger partial charge in [-0.05, 0) is 49.4 Å². The van der Waals surface area contributed by atoms with E-state index in [2.05, 4.69) is 0 Å². The highest BCUT2D eigenvalue weighted by atomic mass is 35.5. The molecular formula is C23H18ClNO2S. The number of ether oxygens (including phenoxy) is 1. The molecule has 0 saturated carbocycles. The van der Waals surface area contributed by atoms with Crippen LogP contribution in [0.4, 0.5) is 11.4 Å². The van der Waals surface area contributed by atoms with Gasteiger partial charge in [0.15, 0.2) is 0 Å². The van der Waals surface area contributed by atoms with Crippen molar-refractivity contribution in [1.82, 2.24) is 0 Å². The van der Waals surface area contributed by atoms with Crippen LogP contribution >= 0.6 is 22.9 Å². The summed E-state index contributed by atoms with van der Waals surface area (Å²) in [5, 5.41) is 1.40. The first-order chi connectivity index (χ1) is 13.6. The Labute approximate surface area is 172 Å². The van der Waals surface area contributed by atoms with Gasteiger partial charge in [-0.15, -0.1) is 11.3 Å². The fourth-order valence-corrected chi connectivity index (χ4v) is 4.50. The maximum Gasteiger partial charge on any atom is 0.274 e. The Hall–Kier alpha value is -2.82. The van der Waals surface area contributed by atoms with Crippen LogP contribution in [0.3, 0.4) is 0 Å². The van der Waals surface area contributed by atoms with E-state index in [-0.39, 0.29) is 5.91 Å². The third kappa shape index (κ3) is 3.37. The molecule has 0 aliphatic heterocycles. The number of thiophene rings is 1. The monoisotopic (exact) mass is 407 g/mol. The third-order valence-corrected chi connectivity index (χ3v) is 6.22. The number of carbonyl (C=O) groups is 1. The minimum atomic E-state index is -0.153. The highest BCUT2D eigenvalue weighted by Gasteiger charge is 2.25. The molecule has 0 fully saturated rings. The molecule has 140 valence electrons. The lowest BCUT2D eigenvalue weighted by molar-refractivity contribution is 0.100. The van der Waals surface area contributed by atoms with Gasteiger partial charge in [-0.2, -0.15) is 0 Å². The predicted molar refractivity (Wildman–Crippen MR) is 117 cm³/mol. The van der Waals surface area contributed by atoms with E-state index in [9.17, 15) is 4.79 Å². The zero-order valence-corrected chi connectivity index (χ0v) is 17.1. The van der Waals surface area contributed by atoms with E-state index < -0.39 is 0 Å². The van der Waals surface area contributed by atoms with Crippen molar-refractivity contribution in [2.24, 2.45) is 0 Å². The van der Waals surface area contributed by atoms with Crippen LogP contribution in [0.5, 0.6) is 5.75 Å². The van der Waals surface area contributed by atoms with Gasteiger partial charge in [0.1, 0.15) is 10.6 Å². The Morgan fingerprint density at radius 1 is 0.929 bits per heavy atom. The third-order valence-electron chi connectivity index (χ3n) is 4.56. The number of amides is 1. The van der Waals surface area contributed by atoms with E-state index in [4.69, 9.17) is 16.3 Å². The van der Waals surface area contributed by atoms with Gasteiger partial charge >= 0.3 is 0 Å². The molecular weight excluding hydrogens is 390 g/mol. The van der Waals surface area contributed by atoms with Crippen LogP contribution in [-0.4, -0.2) is 13.0 Å². The topological polar surface area (TPSA) is 29.5 Å². The van der Waals surface area contributed by atoms with Crippen LogP contribution in [0.1, 0.15) is 15.2 Å². The van der Waals surface area contributed by atoms with E-state index >= 15 is 0 Å². The minimum absolute atomic E-state index is 0.153. The van der Waals surface area contributed by atoms with Crippen molar-refractivity contribution >= 4 is 50.3 Å². The number of hydrogen-bond acceptors (Lipinski definition) is 3. The summed E-state index contributed by atoms with van der Waals surface area (Å²) in [6.45, 7) is 2.02. The summed E-state index contributed by atoms with van der Waals surface area (Å²) in [5.41, 5.74) is 2.67. The Morgan fingerprint density at radius 2 is 1.54 bits per heavy atom. The second-order valence-corrected chi connectivity index (χ2v) is 7.85. The van der Waals surface area contributed by atoms with Crippen LogP contribution in [0.2, 0.25) is 5.02 Å². The molecule has 3 aromatic carbocycles. The van der Waals surface area contributed by atoms with Crippen molar-refractivity contribution in [2.45, 2.75) is 6.92 Å². The smallest absolute Gasteiger partial charge is 0.274 e. The first kappa shape index (κ1) is 18.5. The number of rotatable bonds is 4. The zero-order chi connectivity index (χ0) is 19.7. The molecule has 4 rings (SSSR count). The van der Waals surface area contributed by atoms with Gasteiger partial charge in [0.05, 0.1) is 12.1 Å². The van der Waals surface area contributed by atoms with Gasteiger partial charge in [-0.3, -0.25) is 9.69 Å². The number of halogens is 1. The second-order valence-electron chi connectivity index (χ2n) is 6.42. The normalized spacial score (nSPS) is 10.8. The van der Waals surface area contributed by atoms with Gasteiger partial charge < -0.3 is 4.74 Å². The van der Waals surface area contributed by atoms with Crippen molar-refractivity contribution < 1.29 is 9.53 Å². The van der Waals surface area contributed by atoms with Crippen molar-refractivity contribution in [3.05, 3.63) is 88.3 Å². The maximum absolute atomic E-state index is 13.6. The Kier molecular flexibility index (Phi) is 5.07. The zero-order valence-electron chi connectivity index (χ0n) is 15.5. The molecule has 0 N–H and O–H groups in total. The van der Waals surface area contributed by atoms with Crippen LogP contribution in [0, 0.1) is 6.92 Å². The largest absolute Gasteiger partial charge is 0.497 e. The summed E-state index contributed by atoms with van der Waals surface area (Å²) in [6, 6.07) is 23.1. The first-order valence-corrected chi connectivity index (χ1v) is 10.00. The molecule has 0 aliphatic carbocycles. The number of hydrogen-bond donors (Lipinski definition) is 0. The summed E-state index contributed by atoms with van der Waals surface area (Å²) >= 11 is 8.00. The SMILES string of the molecule is COc1ccc(N(C(=O)c2sc3ccccc3c2Cl)c2ccc(C)cc2)cc1. The fraction of sp³-hybridized carbons (Fsp3) is 0.0870. The van der Waals surface area contributed by atoms with Crippen LogP contribution in [0.15, 0.2) is 72.8 Å². The number of aryl methyl sites for hydroxylation is 1. The highest BCUT2D eigenvalue weighted by molar-refractivity contribution is 7.21. The first-order valence-electron chi connectivity index (χ1n) is 8.80. The van der Waals surface area contributed by atoms with Crippen LogP contribution in [-0.2, 0) is 0 Å². The molecule has 28 heavy (non-hydrogen) atoms. The molecule has 3 nitrogen and oxygen atoms in total. The summed E-state index contributed by atoms with van der Waals surface area (Å²) in [7, 11) is 1.62. The molecule has 0 saturated heterocycles. The molecule has 4 aromatic rings. The molecule has 1 heterocycles. The Bertz CT molecular complexity index is 1130. The number of methoxy groups -OCH3 is 1. The quantitative estimate of drug-likeness (QED) is 0.370. The molecule has 0 radical (unpaired) electrons. The molecule has 0 aliphatic rings. The van der Waals surface area contributed by atoms with Gasteiger partial charge in [0.25, 0.3) is 5.91 Å². The van der Waals surface area contributed by atoms with Crippen molar-refractivity contribution in [3.8, 4) is 5.75 Å². The molecule has 1 amide bonds. The van der Waals surface area contributed by atoms with Crippen molar-refractivity contribution in [2.75, 3.05) is 12.0 Å². The van der Waals surface area contributed by atoms with Gasteiger partial charge in [0, 0.05) is 21.5 Å². The summed E-state index contributed by atoms with van der Waals surface area (Å²) < 4.78 is 6.25. The molecule has 0 atom stereocenters. The van der Waals surface area contributed by atoms with E-state index in [1.807, 2.05) is 79.7 Å². The number of carbonyl (C=O) groups excluding carboxylic acids is 1. The van der Waals surface area contributed by atoms with E-state index in [0.717, 1.165) is 32.8 Å². The summed E-state index contributed by atoms with van der Waals surface area (Å²) in [6.07, 6.45) is 0. The van der Waals surface area contributed by atoms with Gasteiger partial charge in [-0.25, -0.2) is 0 Å². The predicted octanol–water partition coefficient (Wildman–Crippen LogP) is 6.85. The molecule has 5 heteroatoms. The number of nitrogens with zero attached hydrogens (tertiary/aromatic N) is 1. The average Bonchev–Trinajstić information content (AvgIpc) is 3.07. The van der Waals surface area contributed by atoms with Crippen LogP contribution < -0.4 is 9.64 Å². The van der Waals surface area contributed by atoms with Crippen molar-refractivity contribution in [1.29, 1.82) is 0 Å². The lowest BCUT2D eigenvalue weighted by Crippen LogP contribution is -2.25. The minimum Gasteiger partial charge on any atom is -0.497 e. The number of anilines is 2. The maximum atomic E-state index is 13.6. The van der Waals surface area contributed by atoms with Gasteiger partial charge in [0.2, 0.25) is 0 Å². The molecule has 0 bridgehead atoms. The lowest BCUT2D eigenvalue weighted by Gasteiger charge is -2.23. The highest BCUT2D eigenvalue weighted by Crippen LogP contribution is 2.38. The summed E-state index contributed by atoms with van der Waals surface area (Å²) in [4.78, 5) is 15.8. The van der Waals surface area contributed by atoms with E-state index in [0.29, 0.717) is 9.90 Å². The average molecular weight is 408 g/mol. The second kappa shape index (κ2) is 7.66. The summed E-state index contributed by atoms with van der Waals surface area (Å²) in [5.74, 6) is 0.583. The Balaban J connectivity index is 1.84. The fourth-order valence-electron chi connectivity index (χ4n) is 3.06. The number of benzene rings is 3. The van der Waals surface area contributed by atoms with Crippen molar-refractivity contribution in [3.63, 3.8) is 0 Å². The van der Waals surface area contributed by atoms with Gasteiger partial charge in [-0.1, -0.05) is 47.5 Å². The molecule has 0 spiro atoms. The van der Waals surface area contributed by atoms with Crippen LogP contribution in [0.25, 0.3) is 10.1 Å². The molecule has 1 aromatic heterocycles. The standard InChI is InChI=1S/C23H18ClNO2S/c1-15-7-9-16(10-8-15)25(17-11-13-18(27-2)14-12-17)23(26)22-21(24)19-5-3-4-6-20(19)28-22/h3-14H,1-2H3. The van der Waals surface area contributed by atoms with E-state index in [1.54, 1.807) is 12.0 Å². The lowest BCUT2D eigenvalue weighted by atomic mass is 10.1. The molecule has 0 unspecified atom stereocenters. The Morgan fingerprint density at radius 3 is 2.14 bits per heavy atom. The van der Waals surface area contributed by atoms with E-state index in [1.165, 1.54) is 11.3 Å². The number of fused-ring (bicyclic) bond motifs is 1.